The molecule has 1 heterocycles. The molecule has 1 saturated heterocycles. The van der Waals surface area contributed by atoms with Crippen LogP contribution in [0.15, 0.2) is 24.3 Å². The molecule has 0 aromatic rings. The van der Waals surface area contributed by atoms with Gasteiger partial charge in [0.1, 0.15) is 0 Å². The molecule has 1 aliphatic heterocycles. The fourth-order valence-electron chi connectivity index (χ4n) is 2.77. The van der Waals surface area contributed by atoms with Crippen molar-refractivity contribution in [2.24, 2.45) is 11.8 Å². The van der Waals surface area contributed by atoms with Gasteiger partial charge in [-0.05, 0) is 18.3 Å². The van der Waals surface area contributed by atoms with Gasteiger partial charge in [0.15, 0.2) is 0 Å². The molecular weight excluding hydrogens is 224 g/mol. The molecule has 1 atom stereocenters. The third kappa shape index (κ3) is 3.20. The number of nitriles is 2. The summed E-state index contributed by atoms with van der Waals surface area (Å²) < 4.78 is 0. The smallest absolute Gasteiger partial charge is 0.0876 e. The molecule has 4 nitrogen and oxygen atoms in total. The van der Waals surface area contributed by atoms with Crippen LogP contribution < -0.4 is 0 Å². The van der Waals surface area contributed by atoms with Crippen molar-refractivity contribution in [1.29, 1.82) is 10.5 Å². The van der Waals surface area contributed by atoms with Crippen molar-refractivity contribution in [3.63, 3.8) is 0 Å². The van der Waals surface area contributed by atoms with E-state index < -0.39 is 0 Å². The summed E-state index contributed by atoms with van der Waals surface area (Å²) in [6, 6.07) is 4.42. The Bertz CT molecular complexity index is 388. The van der Waals surface area contributed by atoms with E-state index in [1.54, 1.807) is 0 Å². The molecule has 0 aromatic carbocycles. The van der Waals surface area contributed by atoms with Gasteiger partial charge in [-0.2, -0.15) is 10.5 Å². The standard InChI is InChI=1S/C14H18N4/c15-6-8-17-10-14(11-18(12-17)9-7-16)13-4-2-1-3-5-13/h1-4,13-14H,5,8-12H2. The lowest BCUT2D eigenvalue weighted by Crippen LogP contribution is -2.51. The van der Waals surface area contributed by atoms with Gasteiger partial charge in [-0.25, -0.2) is 0 Å². The largest absolute Gasteiger partial charge is 0.277 e. The van der Waals surface area contributed by atoms with Crippen LogP contribution in [0, 0.1) is 34.5 Å². The van der Waals surface area contributed by atoms with Gasteiger partial charge in [-0.3, -0.25) is 9.80 Å². The highest BCUT2D eigenvalue weighted by atomic mass is 15.3. The van der Waals surface area contributed by atoms with Crippen LogP contribution in [-0.2, 0) is 0 Å². The summed E-state index contributed by atoms with van der Waals surface area (Å²) in [5.74, 6) is 1.05. The third-order valence-corrected chi connectivity index (χ3v) is 3.59. The zero-order valence-corrected chi connectivity index (χ0v) is 10.5. The molecule has 0 radical (unpaired) electrons. The van der Waals surface area contributed by atoms with Crippen LogP contribution in [0.4, 0.5) is 0 Å². The Balaban J connectivity index is 2.00. The van der Waals surface area contributed by atoms with Crippen LogP contribution in [0.1, 0.15) is 6.42 Å². The molecule has 2 aliphatic rings. The number of nitrogens with zero attached hydrogens (tertiary/aromatic N) is 4. The average molecular weight is 242 g/mol. The van der Waals surface area contributed by atoms with Crippen LogP contribution in [0.25, 0.3) is 0 Å². The lowest BCUT2D eigenvalue weighted by Gasteiger charge is -2.40. The van der Waals surface area contributed by atoms with E-state index in [-0.39, 0.29) is 0 Å². The summed E-state index contributed by atoms with van der Waals surface area (Å²) >= 11 is 0. The Morgan fingerprint density at radius 3 is 2.22 bits per heavy atom. The van der Waals surface area contributed by atoms with Gasteiger partial charge >= 0.3 is 0 Å². The fourth-order valence-corrected chi connectivity index (χ4v) is 2.77. The van der Waals surface area contributed by atoms with Crippen molar-refractivity contribution in [3.05, 3.63) is 24.3 Å². The molecule has 94 valence electrons. The van der Waals surface area contributed by atoms with Gasteiger partial charge in [0.25, 0.3) is 0 Å². The minimum absolute atomic E-state index is 0.449. The first-order valence-electron chi connectivity index (χ1n) is 6.35. The van der Waals surface area contributed by atoms with Crippen molar-refractivity contribution in [3.8, 4) is 12.1 Å². The molecule has 0 bridgehead atoms. The predicted octanol–water partition coefficient (Wildman–Crippen LogP) is 1.36. The van der Waals surface area contributed by atoms with Crippen molar-refractivity contribution in [1.82, 2.24) is 9.80 Å². The summed E-state index contributed by atoms with van der Waals surface area (Å²) in [5.41, 5.74) is 0. The molecule has 1 unspecified atom stereocenters. The molecule has 0 N–H and O–H groups in total. The van der Waals surface area contributed by atoms with Crippen molar-refractivity contribution < 1.29 is 0 Å². The van der Waals surface area contributed by atoms with Crippen molar-refractivity contribution >= 4 is 0 Å². The Morgan fingerprint density at radius 2 is 1.72 bits per heavy atom. The zero-order valence-electron chi connectivity index (χ0n) is 10.5. The van der Waals surface area contributed by atoms with E-state index >= 15 is 0 Å². The highest BCUT2D eigenvalue weighted by molar-refractivity contribution is 5.12. The first-order valence-corrected chi connectivity index (χ1v) is 6.35. The Kier molecular flexibility index (Phi) is 4.52. The van der Waals surface area contributed by atoms with E-state index in [1.807, 2.05) is 0 Å². The molecule has 2 rings (SSSR count). The van der Waals surface area contributed by atoms with Crippen LogP contribution in [-0.4, -0.2) is 42.6 Å². The first kappa shape index (κ1) is 12.8. The lowest BCUT2D eigenvalue weighted by atomic mass is 9.85. The maximum atomic E-state index is 8.83. The molecule has 1 aliphatic carbocycles. The van der Waals surface area contributed by atoms with E-state index in [0.717, 1.165) is 26.2 Å². The van der Waals surface area contributed by atoms with Crippen molar-refractivity contribution in [2.75, 3.05) is 32.8 Å². The van der Waals surface area contributed by atoms with Crippen LogP contribution in [0.2, 0.25) is 0 Å². The molecule has 0 saturated carbocycles. The maximum Gasteiger partial charge on any atom is 0.0876 e. The van der Waals surface area contributed by atoms with Gasteiger partial charge < -0.3 is 0 Å². The molecule has 1 fully saturated rings. The van der Waals surface area contributed by atoms with Gasteiger partial charge in [0.05, 0.1) is 31.9 Å². The number of hydrogen-bond donors (Lipinski definition) is 0. The summed E-state index contributed by atoms with van der Waals surface area (Å²) in [4.78, 5) is 4.27. The summed E-state index contributed by atoms with van der Waals surface area (Å²) in [5, 5.41) is 17.7. The second-order valence-electron chi connectivity index (χ2n) is 4.95. The van der Waals surface area contributed by atoms with E-state index in [9.17, 15) is 0 Å². The molecule has 0 amide bonds. The second-order valence-corrected chi connectivity index (χ2v) is 4.95. The fraction of sp³-hybridized carbons (Fsp3) is 0.571. The number of rotatable bonds is 3. The Hall–Kier alpha value is -1.62. The van der Waals surface area contributed by atoms with E-state index in [2.05, 4.69) is 46.2 Å². The monoisotopic (exact) mass is 242 g/mol. The Morgan fingerprint density at radius 1 is 1.06 bits per heavy atom. The molecular formula is C14H18N4. The third-order valence-electron chi connectivity index (χ3n) is 3.59. The minimum atomic E-state index is 0.449. The normalized spacial score (nSPS) is 25.8. The molecule has 4 heteroatoms. The molecule has 18 heavy (non-hydrogen) atoms. The van der Waals surface area contributed by atoms with E-state index in [1.165, 1.54) is 0 Å². The van der Waals surface area contributed by atoms with Gasteiger partial charge in [-0.1, -0.05) is 24.3 Å². The summed E-state index contributed by atoms with van der Waals surface area (Å²) in [7, 11) is 0. The minimum Gasteiger partial charge on any atom is -0.277 e. The summed E-state index contributed by atoms with van der Waals surface area (Å²) in [6.07, 6.45) is 9.71. The van der Waals surface area contributed by atoms with Gasteiger partial charge in [0.2, 0.25) is 0 Å². The van der Waals surface area contributed by atoms with Crippen LogP contribution in [0.5, 0.6) is 0 Å². The average Bonchev–Trinajstić information content (AvgIpc) is 2.40. The topological polar surface area (TPSA) is 54.1 Å². The number of allylic oxidation sites excluding steroid dienone is 4. The van der Waals surface area contributed by atoms with Crippen LogP contribution >= 0.6 is 0 Å². The van der Waals surface area contributed by atoms with Gasteiger partial charge in [-0.15, -0.1) is 0 Å². The molecule has 0 aromatic heterocycles. The lowest BCUT2D eigenvalue weighted by molar-refractivity contribution is 0.0511. The maximum absolute atomic E-state index is 8.83. The highest BCUT2D eigenvalue weighted by Crippen LogP contribution is 2.26. The Labute approximate surface area is 108 Å². The quantitative estimate of drug-likeness (QED) is 0.701. The summed E-state index contributed by atoms with van der Waals surface area (Å²) in [6.45, 7) is 3.55. The van der Waals surface area contributed by atoms with Gasteiger partial charge in [0, 0.05) is 13.1 Å². The predicted molar refractivity (Wildman–Crippen MR) is 69.1 cm³/mol. The van der Waals surface area contributed by atoms with Crippen molar-refractivity contribution in [2.45, 2.75) is 6.42 Å². The highest BCUT2D eigenvalue weighted by Gasteiger charge is 2.29. The van der Waals surface area contributed by atoms with Crippen LogP contribution in [0.3, 0.4) is 0 Å². The van der Waals surface area contributed by atoms with E-state index in [0.29, 0.717) is 24.9 Å². The first-order chi connectivity index (χ1) is 8.83. The number of hydrogen-bond acceptors (Lipinski definition) is 4. The SMILES string of the molecule is N#CCN1CC(C2C=CC=CC2)CN(CC#N)C1. The molecule has 0 spiro atoms. The van der Waals surface area contributed by atoms with E-state index in [4.69, 9.17) is 10.5 Å². The second kappa shape index (κ2) is 6.35. The zero-order chi connectivity index (χ0) is 12.8.